The van der Waals surface area contributed by atoms with Crippen LogP contribution in [0.4, 0.5) is 4.39 Å². The van der Waals surface area contributed by atoms with Crippen molar-refractivity contribution in [3.05, 3.63) is 45.9 Å². The Hall–Kier alpha value is -1.46. The lowest BCUT2D eigenvalue weighted by atomic mass is 10.2. The van der Waals surface area contributed by atoms with Gasteiger partial charge < -0.3 is 4.57 Å². The normalized spacial score (nSPS) is 14.8. The van der Waals surface area contributed by atoms with E-state index in [1.54, 1.807) is 18.5 Å². The summed E-state index contributed by atoms with van der Waals surface area (Å²) in [6.07, 6.45) is 5.71. The van der Waals surface area contributed by atoms with Crippen molar-refractivity contribution in [2.24, 2.45) is 0 Å². The van der Waals surface area contributed by atoms with E-state index < -0.39 is 5.82 Å². The molecule has 0 aliphatic heterocycles. The van der Waals surface area contributed by atoms with E-state index in [1.165, 1.54) is 6.07 Å². The maximum atomic E-state index is 13.7. The van der Waals surface area contributed by atoms with Gasteiger partial charge in [0, 0.05) is 34.5 Å². The minimum Gasteiger partial charge on any atom is -0.321 e. The zero-order valence-electron chi connectivity index (χ0n) is 10.9. The monoisotopic (exact) mass is 365 g/mol. The molecule has 2 heterocycles. The van der Waals surface area contributed by atoms with Gasteiger partial charge in [-0.3, -0.25) is 4.98 Å². The number of benzene rings is 1. The first-order chi connectivity index (χ1) is 10.1. The third-order valence-corrected chi connectivity index (χ3v) is 4.33. The Bertz CT molecular complexity index is 857. The quantitative estimate of drug-likeness (QED) is 0.640. The molecule has 0 N–H and O–H groups in total. The third kappa shape index (κ3) is 2.24. The third-order valence-electron chi connectivity index (χ3n) is 3.61. The van der Waals surface area contributed by atoms with Crippen molar-refractivity contribution >= 4 is 38.6 Å². The molecular weight excluding hydrogens is 357 g/mol. The molecule has 0 atom stereocenters. The van der Waals surface area contributed by atoms with E-state index in [4.69, 9.17) is 11.6 Å². The number of imidazole rings is 1. The fraction of sp³-hybridized carbons (Fsp3) is 0.200. The van der Waals surface area contributed by atoms with Crippen molar-refractivity contribution in [3.8, 4) is 11.4 Å². The van der Waals surface area contributed by atoms with Gasteiger partial charge in [-0.25, -0.2) is 9.37 Å². The molecule has 6 heteroatoms. The van der Waals surface area contributed by atoms with Crippen LogP contribution in [0.25, 0.3) is 22.4 Å². The number of hydrogen-bond donors (Lipinski definition) is 0. The van der Waals surface area contributed by atoms with Crippen LogP contribution in [0.1, 0.15) is 18.9 Å². The number of aromatic nitrogens is 3. The van der Waals surface area contributed by atoms with Crippen molar-refractivity contribution in [3.63, 3.8) is 0 Å². The average Bonchev–Trinajstić information content (AvgIpc) is 3.22. The Morgan fingerprint density at radius 1 is 1.24 bits per heavy atom. The molecular formula is C15H10BrClFN3. The average molecular weight is 367 g/mol. The van der Waals surface area contributed by atoms with E-state index in [1.807, 2.05) is 6.07 Å². The van der Waals surface area contributed by atoms with Crippen LogP contribution in [-0.2, 0) is 0 Å². The molecule has 1 aliphatic carbocycles. The van der Waals surface area contributed by atoms with Gasteiger partial charge in [0.25, 0.3) is 0 Å². The summed E-state index contributed by atoms with van der Waals surface area (Å²) in [5.41, 5.74) is 2.40. The predicted octanol–water partition coefficient (Wildman–Crippen LogP) is 4.99. The number of rotatable bonds is 2. The molecule has 0 radical (unpaired) electrons. The van der Waals surface area contributed by atoms with Crippen molar-refractivity contribution in [1.29, 1.82) is 0 Å². The van der Waals surface area contributed by atoms with E-state index >= 15 is 0 Å². The Morgan fingerprint density at radius 3 is 2.76 bits per heavy atom. The molecule has 0 spiro atoms. The Morgan fingerprint density at radius 2 is 2.05 bits per heavy atom. The molecule has 21 heavy (non-hydrogen) atoms. The summed E-state index contributed by atoms with van der Waals surface area (Å²) in [6, 6.07) is 5.42. The number of hydrogen-bond acceptors (Lipinski definition) is 2. The molecule has 0 amide bonds. The van der Waals surface area contributed by atoms with Gasteiger partial charge in [-0.2, -0.15) is 0 Å². The minimum absolute atomic E-state index is 0.128. The van der Waals surface area contributed by atoms with Crippen LogP contribution in [0.15, 0.2) is 35.1 Å². The highest BCUT2D eigenvalue weighted by molar-refractivity contribution is 9.10. The van der Waals surface area contributed by atoms with Crippen molar-refractivity contribution < 1.29 is 4.39 Å². The number of pyridine rings is 1. The Labute approximate surface area is 133 Å². The second-order valence-electron chi connectivity index (χ2n) is 5.18. The topological polar surface area (TPSA) is 30.7 Å². The molecule has 1 aliphatic rings. The maximum Gasteiger partial charge on any atom is 0.144 e. The van der Waals surface area contributed by atoms with Crippen LogP contribution in [0, 0.1) is 5.82 Å². The van der Waals surface area contributed by atoms with E-state index in [-0.39, 0.29) is 5.02 Å². The lowest BCUT2D eigenvalue weighted by molar-refractivity contribution is 0.629. The van der Waals surface area contributed by atoms with Gasteiger partial charge in [0.2, 0.25) is 0 Å². The molecule has 0 bridgehead atoms. The van der Waals surface area contributed by atoms with Crippen LogP contribution in [0.5, 0.6) is 0 Å². The summed E-state index contributed by atoms with van der Waals surface area (Å²) in [4.78, 5) is 8.78. The summed E-state index contributed by atoms with van der Waals surface area (Å²) >= 11 is 9.35. The highest BCUT2D eigenvalue weighted by Gasteiger charge is 2.29. The maximum absolute atomic E-state index is 13.7. The van der Waals surface area contributed by atoms with Gasteiger partial charge in [0.05, 0.1) is 16.1 Å². The van der Waals surface area contributed by atoms with E-state index in [0.717, 1.165) is 34.2 Å². The van der Waals surface area contributed by atoms with Gasteiger partial charge in [-0.05, 0) is 40.9 Å². The van der Waals surface area contributed by atoms with Crippen molar-refractivity contribution in [2.75, 3.05) is 0 Å². The van der Waals surface area contributed by atoms with Gasteiger partial charge in [0.15, 0.2) is 0 Å². The summed E-state index contributed by atoms with van der Waals surface area (Å²) in [5.74, 6) is 0.367. The number of fused-ring (bicyclic) bond motifs is 1. The molecule has 2 aromatic heterocycles. The minimum atomic E-state index is -0.441. The molecule has 1 saturated carbocycles. The van der Waals surface area contributed by atoms with Gasteiger partial charge >= 0.3 is 0 Å². The number of nitrogens with zero attached hydrogens (tertiary/aromatic N) is 3. The second-order valence-corrected chi connectivity index (χ2v) is 6.51. The fourth-order valence-electron chi connectivity index (χ4n) is 2.53. The molecule has 0 unspecified atom stereocenters. The summed E-state index contributed by atoms with van der Waals surface area (Å²) in [6.45, 7) is 0. The molecule has 1 aromatic carbocycles. The van der Waals surface area contributed by atoms with Gasteiger partial charge in [-0.1, -0.05) is 11.6 Å². The standard InChI is InChI=1S/C15H10BrClFN3/c16-9-3-8(6-19-7-9)15-20-13-5-12(18)11(17)4-14(13)21(15)10-1-2-10/h3-7,10H,1-2H2. The van der Waals surface area contributed by atoms with Crippen LogP contribution in [0.2, 0.25) is 5.02 Å². The highest BCUT2D eigenvalue weighted by atomic mass is 79.9. The lowest BCUT2D eigenvalue weighted by Gasteiger charge is -2.08. The van der Waals surface area contributed by atoms with Crippen LogP contribution in [-0.4, -0.2) is 14.5 Å². The Kier molecular flexibility index (Phi) is 3.01. The first kappa shape index (κ1) is 13.2. The smallest absolute Gasteiger partial charge is 0.144 e. The molecule has 3 nitrogen and oxygen atoms in total. The van der Waals surface area contributed by atoms with E-state index in [2.05, 4.69) is 30.5 Å². The molecule has 3 aromatic rings. The number of halogens is 3. The van der Waals surface area contributed by atoms with Gasteiger partial charge in [0.1, 0.15) is 11.6 Å². The van der Waals surface area contributed by atoms with Crippen LogP contribution < -0.4 is 0 Å². The van der Waals surface area contributed by atoms with Gasteiger partial charge in [-0.15, -0.1) is 0 Å². The molecule has 4 rings (SSSR count). The largest absolute Gasteiger partial charge is 0.321 e. The molecule has 0 saturated heterocycles. The predicted molar refractivity (Wildman–Crippen MR) is 83.9 cm³/mol. The first-order valence-electron chi connectivity index (χ1n) is 6.61. The first-order valence-corrected chi connectivity index (χ1v) is 7.78. The fourth-order valence-corrected chi connectivity index (χ4v) is 3.05. The van der Waals surface area contributed by atoms with E-state index in [0.29, 0.717) is 11.6 Å². The van der Waals surface area contributed by atoms with E-state index in [9.17, 15) is 4.39 Å². The SMILES string of the molecule is Fc1cc2nc(-c3cncc(Br)c3)n(C3CC3)c2cc1Cl. The zero-order chi connectivity index (χ0) is 14.6. The summed E-state index contributed by atoms with van der Waals surface area (Å²) in [7, 11) is 0. The van der Waals surface area contributed by atoms with Crippen molar-refractivity contribution in [1.82, 2.24) is 14.5 Å². The zero-order valence-corrected chi connectivity index (χ0v) is 13.2. The highest BCUT2D eigenvalue weighted by Crippen LogP contribution is 2.42. The second kappa shape index (κ2) is 4.78. The Balaban J connectivity index is 2.02. The summed E-state index contributed by atoms with van der Waals surface area (Å²) < 4.78 is 16.7. The van der Waals surface area contributed by atoms with Crippen LogP contribution >= 0.6 is 27.5 Å². The summed E-state index contributed by atoms with van der Waals surface area (Å²) in [5, 5.41) is 0.128. The molecule has 1 fully saturated rings. The lowest BCUT2D eigenvalue weighted by Crippen LogP contribution is -1.97. The molecule has 106 valence electrons. The van der Waals surface area contributed by atoms with Crippen molar-refractivity contribution in [2.45, 2.75) is 18.9 Å². The van der Waals surface area contributed by atoms with Crippen LogP contribution in [0.3, 0.4) is 0 Å².